The van der Waals surface area contributed by atoms with E-state index in [4.69, 9.17) is 5.73 Å². The number of aromatic nitrogens is 7. The molecule has 0 saturated heterocycles. The Balaban J connectivity index is 1.72. The zero-order valence-corrected chi connectivity index (χ0v) is 15.0. The number of hydrogen-bond acceptors (Lipinski definition) is 9. The van der Waals surface area contributed by atoms with Crippen molar-refractivity contribution in [2.24, 2.45) is 7.05 Å². The predicted octanol–water partition coefficient (Wildman–Crippen LogP) is -1.05. The van der Waals surface area contributed by atoms with Crippen molar-refractivity contribution in [3.8, 4) is 5.82 Å². The molecule has 0 fully saturated rings. The van der Waals surface area contributed by atoms with Crippen LogP contribution in [0.3, 0.4) is 0 Å². The van der Waals surface area contributed by atoms with Crippen molar-refractivity contribution < 1.29 is 14.2 Å². The van der Waals surface area contributed by atoms with Crippen LogP contribution in [0.15, 0.2) is 10.8 Å². The third-order valence-corrected chi connectivity index (χ3v) is 3.88. The van der Waals surface area contributed by atoms with Gasteiger partial charge in [0.25, 0.3) is 11.8 Å². The van der Waals surface area contributed by atoms with Gasteiger partial charge in [0.1, 0.15) is 0 Å². The molecule has 3 aromatic rings. The van der Waals surface area contributed by atoms with Crippen LogP contribution in [0.25, 0.3) is 5.82 Å². The van der Waals surface area contributed by atoms with Gasteiger partial charge in [0.05, 0.1) is 9.26 Å². The third kappa shape index (κ3) is 3.14. The molecule has 0 atom stereocenters. The number of hydrazine groups is 1. The number of carbonyl (C=O) groups is 2. The SMILES string of the molecule is Cc1c(C(=O)NNC(=O)c2nn(C)cc2I)nnn1-c1nonc1N. The quantitative estimate of drug-likeness (QED) is 0.327. The maximum Gasteiger partial charge on any atom is 0.292 e. The van der Waals surface area contributed by atoms with E-state index >= 15 is 0 Å². The molecule has 130 valence electrons. The number of nitrogens with two attached hydrogens (primary N) is 1. The summed E-state index contributed by atoms with van der Waals surface area (Å²) in [5.74, 6) is -1.12. The van der Waals surface area contributed by atoms with Crippen molar-refractivity contribution in [1.29, 1.82) is 0 Å². The van der Waals surface area contributed by atoms with Gasteiger partial charge < -0.3 is 5.73 Å². The normalized spacial score (nSPS) is 10.7. The summed E-state index contributed by atoms with van der Waals surface area (Å²) in [5.41, 5.74) is 10.6. The molecular formula is C11H11IN10O3. The average Bonchev–Trinajstić information content (AvgIpc) is 3.23. The summed E-state index contributed by atoms with van der Waals surface area (Å²) in [6.07, 6.45) is 1.67. The molecule has 0 radical (unpaired) electrons. The Labute approximate surface area is 153 Å². The van der Waals surface area contributed by atoms with E-state index in [0.717, 1.165) is 0 Å². The Morgan fingerprint density at radius 3 is 2.48 bits per heavy atom. The van der Waals surface area contributed by atoms with Crippen molar-refractivity contribution in [3.05, 3.63) is 26.8 Å². The first-order valence-electron chi connectivity index (χ1n) is 6.69. The first-order valence-corrected chi connectivity index (χ1v) is 7.77. The maximum atomic E-state index is 12.2. The van der Waals surface area contributed by atoms with Crippen LogP contribution >= 0.6 is 22.6 Å². The Hall–Kier alpha value is -3.04. The van der Waals surface area contributed by atoms with Gasteiger partial charge >= 0.3 is 0 Å². The van der Waals surface area contributed by atoms with Gasteiger partial charge in [-0.25, -0.2) is 4.63 Å². The molecule has 0 aliphatic carbocycles. The zero-order chi connectivity index (χ0) is 18.1. The van der Waals surface area contributed by atoms with E-state index < -0.39 is 11.8 Å². The monoisotopic (exact) mass is 458 g/mol. The van der Waals surface area contributed by atoms with Gasteiger partial charge in [-0.3, -0.25) is 25.1 Å². The van der Waals surface area contributed by atoms with Crippen molar-refractivity contribution in [3.63, 3.8) is 0 Å². The fourth-order valence-corrected chi connectivity index (χ4v) is 2.68. The third-order valence-electron chi connectivity index (χ3n) is 3.09. The van der Waals surface area contributed by atoms with Gasteiger partial charge in [0, 0.05) is 13.2 Å². The molecule has 3 aromatic heterocycles. The topological polar surface area (TPSA) is 172 Å². The highest BCUT2D eigenvalue weighted by Crippen LogP contribution is 2.14. The molecule has 14 heteroatoms. The smallest absolute Gasteiger partial charge is 0.292 e. The second-order valence-corrected chi connectivity index (χ2v) is 5.98. The Morgan fingerprint density at radius 1 is 1.24 bits per heavy atom. The van der Waals surface area contributed by atoms with Gasteiger partial charge in [0.2, 0.25) is 11.6 Å². The number of nitrogens with one attached hydrogen (secondary N) is 2. The number of aryl methyl sites for hydroxylation is 1. The second-order valence-electron chi connectivity index (χ2n) is 4.82. The lowest BCUT2D eigenvalue weighted by Crippen LogP contribution is -2.42. The fraction of sp³-hybridized carbons (Fsp3) is 0.182. The van der Waals surface area contributed by atoms with Crippen LogP contribution in [0, 0.1) is 10.5 Å². The molecule has 0 saturated carbocycles. The molecule has 0 spiro atoms. The predicted molar refractivity (Wildman–Crippen MR) is 89.2 cm³/mol. The van der Waals surface area contributed by atoms with Crippen LogP contribution in [0.1, 0.15) is 26.7 Å². The molecule has 0 aromatic carbocycles. The minimum Gasteiger partial charge on any atom is -0.378 e. The van der Waals surface area contributed by atoms with Crippen LogP contribution in [-0.2, 0) is 7.05 Å². The molecule has 13 nitrogen and oxygen atoms in total. The van der Waals surface area contributed by atoms with Gasteiger partial charge in [0.15, 0.2) is 11.4 Å². The van der Waals surface area contributed by atoms with E-state index in [0.29, 0.717) is 9.26 Å². The number of halogens is 1. The summed E-state index contributed by atoms with van der Waals surface area (Å²) in [6.45, 7) is 1.58. The number of carbonyl (C=O) groups excluding carboxylic acids is 2. The zero-order valence-electron chi connectivity index (χ0n) is 12.9. The fourth-order valence-electron chi connectivity index (χ4n) is 1.92. The highest BCUT2D eigenvalue weighted by molar-refractivity contribution is 14.1. The Kier molecular flexibility index (Phi) is 4.34. The lowest BCUT2D eigenvalue weighted by atomic mass is 10.3. The molecule has 4 N–H and O–H groups in total. The highest BCUT2D eigenvalue weighted by Gasteiger charge is 2.22. The van der Waals surface area contributed by atoms with Crippen LogP contribution in [0.5, 0.6) is 0 Å². The lowest BCUT2D eigenvalue weighted by Gasteiger charge is -2.05. The molecule has 0 unspecified atom stereocenters. The Morgan fingerprint density at radius 2 is 1.92 bits per heavy atom. The molecule has 0 aliphatic rings. The summed E-state index contributed by atoms with van der Waals surface area (Å²) in [4.78, 5) is 24.2. The highest BCUT2D eigenvalue weighted by atomic mass is 127. The molecular weight excluding hydrogens is 447 g/mol. The minimum atomic E-state index is -0.668. The van der Waals surface area contributed by atoms with Gasteiger partial charge in [-0.2, -0.15) is 9.78 Å². The number of nitrogen functional groups attached to an aromatic ring is 1. The Bertz CT molecular complexity index is 957. The molecule has 3 heterocycles. The summed E-state index contributed by atoms with van der Waals surface area (Å²) >= 11 is 1.97. The van der Waals surface area contributed by atoms with Crippen molar-refractivity contribution >= 4 is 40.2 Å². The van der Waals surface area contributed by atoms with Crippen LogP contribution < -0.4 is 16.6 Å². The van der Waals surface area contributed by atoms with Crippen molar-refractivity contribution in [1.82, 2.24) is 45.9 Å². The molecule has 25 heavy (non-hydrogen) atoms. The average molecular weight is 458 g/mol. The summed E-state index contributed by atoms with van der Waals surface area (Å²) in [6, 6.07) is 0. The first-order chi connectivity index (χ1) is 11.9. The summed E-state index contributed by atoms with van der Waals surface area (Å²) < 4.78 is 7.82. The maximum absolute atomic E-state index is 12.2. The molecule has 2 amide bonds. The van der Waals surface area contributed by atoms with E-state index in [9.17, 15) is 9.59 Å². The van der Waals surface area contributed by atoms with Crippen LogP contribution in [-0.4, -0.2) is 46.9 Å². The van der Waals surface area contributed by atoms with E-state index in [1.54, 1.807) is 20.2 Å². The van der Waals surface area contributed by atoms with E-state index in [-0.39, 0.29) is 23.0 Å². The van der Waals surface area contributed by atoms with Gasteiger partial charge in [-0.05, 0) is 39.8 Å². The number of anilines is 1. The first kappa shape index (κ1) is 16.8. The standard InChI is InChI=1S/C11H11IN10O3/c1-4-6(14-20-22(4)9-8(13)18-25-19-9)10(23)15-16-11(24)7-5(12)3-21(2)17-7/h3H,1-2H3,(H2,13,18)(H,15,23)(H,16,24). The molecule has 0 bridgehead atoms. The van der Waals surface area contributed by atoms with E-state index in [1.807, 2.05) is 22.6 Å². The van der Waals surface area contributed by atoms with Gasteiger partial charge in [-0.1, -0.05) is 5.21 Å². The number of nitrogens with zero attached hydrogens (tertiary/aromatic N) is 7. The number of rotatable bonds is 3. The van der Waals surface area contributed by atoms with Gasteiger partial charge in [-0.15, -0.1) is 5.10 Å². The number of amides is 2. The largest absolute Gasteiger partial charge is 0.378 e. The van der Waals surface area contributed by atoms with Crippen LogP contribution in [0.2, 0.25) is 0 Å². The van der Waals surface area contributed by atoms with E-state index in [1.165, 1.54) is 9.36 Å². The number of hydrogen-bond donors (Lipinski definition) is 3. The lowest BCUT2D eigenvalue weighted by molar-refractivity contribution is 0.0840. The van der Waals surface area contributed by atoms with E-state index in [2.05, 4.69) is 41.2 Å². The van der Waals surface area contributed by atoms with Crippen molar-refractivity contribution in [2.75, 3.05) is 5.73 Å². The summed E-state index contributed by atoms with van der Waals surface area (Å²) in [7, 11) is 1.68. The molecule has 3 rings (SSSR count). The van der Waals surface area contributed by atoms with Crippen molar-refractivity contribution in [2.45, 2.75) is 6.92 Å². The van der Waals surface area contributed by atoms with Crippen LogP contribution in [0.4, 0.5) is 5.82 Å². The second kappa shape index (κ2) is 6.46. The molecule has 0 aliphatic heterocycles. The summed E-state index contributed by atoms with van der Waals surface area (Å²) in [5, 5.41) is 18.5. The minimum absolute atomic E-state index is 0.00186.